The van der Waals surface area contributed by atoms with Crippen LogP contribution in [0.1, 0.15) is 11.1 Å². The number of nitrogens with one attached hydrogen (secondary N) is 1. The Kier molecular flexibility index (Phi) is 3.79. The Morgan fingerprint density at radius 1 is 0.950 bits per heavy atom. The van der Waals surface area contributed by atoms with Crippen LogP contribution in [0.25, 0.3) is 10.8 Å². The summed E-state index contributed by atoms with van der Waals surface area (Å²) < 4.78 is 0. The Morgan fingerprint density at radius 3 is 2.50 bits per heavy atom. The van der Waals surface area contributed by atoms with Crippen LogP contribution in [0.2, 0.25) is 0 Å². The van der Waals surface area contributed by atoms with Crippen molar-refractivity contribution in [3.05, 3.63) is 65.9 Å². The average Bonchev–Trinajstić information content (AvgIpc) is 2.53. The number of halogens is 1. The van der Waals surface area contributed by atoms with E-state index in [2.05, 4.69) is 27.6 Å². The summed E-state index contributed by atoms with van der Waals surface area (Å²) in [5.74, 6) is 1.35. The van der Waals surface area contributed by atoms with Gasteiger partial charge in [0.15, 0.2) is 5.82 Å². The van der Waals surface area contributed by atoms with Crippen LogP contribution in [-0.4, -0.2) is 10.2 Å². The minimum atomic E-state index is 0.544. The predicted octanol–water partition coefficient (Wildman–Crippen LogP) is 3.98. The van der Waals surface area contributed by atoms with E-state index in [4.69, 9.17) is 11.6 Å². The van der Waals surface area contributed by atoms with Gasteiger partial charge in [-0.1, -0.05) is 48.5 Å². The molecule has 0 atom stereocenters. The quantitative estimate of drug-likeness (QED) is 0.736. The smallest absolute Gasteiger partial charge is 0.156 e. The van der Waals surface area contributed by atoms with Crippen molar-refractivity contribution < 1.29 is 0 Å². The third-order valence-corrected chi connectivity index (χ3v) is 3.52. The number of aromatic nitrogens is 2. The number of benzene rings is 2. The van der Waals surface area contributed by atoms with Gasteiger partial charge in [-0.2, -0.15) is 5.10 Å². The lowest BCUT2D eigenvalue weighted by Crippen LogP contribution is -2.03. The molecule has 1 heterocycles. The number of nitrogens with zero attached hydrogens (tertiary/aromatic N) is 2. The molecular formula is C16H14ClN3. The molecule has 4 heteroatoms. The number of alkyl halides is 1. The van der Waals surface area contributed by atoms with Gasteiger partial charge in [0, 0.05) is 23.2 Å². The van der Waals surface area contributed by atoms with Crippen LogP contribution in [-0.2, 0) is 12.4 Å². The first-order valence-electron chi connectivity index (χ1n) is 6.45. The van der Waals surface area contributed by atoms with Gasteiger partial charge in [-0.25, -0.2) is 0 Å². The number of anilines is 1. The summed E-state index contributed by atoms with van der Waals surface area (Å²) in [5, 5.41) is 13.7. The molecule has 3 aromatic rings. The van der Waals surface area contributed by atoms with E-state index in [0.29, 0.717) is 12.4 Å². The monoisotopic (exact) mass is 283 g/mol. The van der Waals surface area contributed by atoms with Gasteiger partial charge in [-0.15, -0.1) is 16.7 Å². The van der Waals surface area contributed by atoms with Crippen molar-refractivity contribution in [3.63, 3.8) is 0 Å². The van der Waals surface area contributed by atoms with Crippen LogP contribution in [0.4, 0.5) is 5.82 Å². The number of hydrogen-bond acceptors (Lipinski definition) is 3. The molecule has 0 saturated carbocycles. The first-order chi connectivity index (χ1) is 9.86. The lowest BCUT2D eigenvalue weighted by molar-refractivity contribution is 1.02. The molecule has 0 aliphatic heterocycles. The van der Waals surface area contributed by atoms with Gasteiger partial charge >= 0.3 is 0 Å². The van der Waals surface area contributed by atoms with Gasteiger partial charge in [-0.3, -0.25) is 0 Å². The van der Waals surface area contributed by atoms with E-state index in [0.717, 1.165) is 22.2 Å². The number of fused-ring (bicyclic) bond motifs is 1. The van der Waals surface area contributed by atoms with Crippen molar-refractivity contribution in [2.24, 2.45) is 0 Å². The van der Waals surface area contributed by atoms with E-state index in [1.165, 1.54) is 5.56 Å². The fraction of sp³-hybridized carbons (Fsp3) is 0.125. The maximum Gasteiger partial charge on any atom is 0.156 e. The zero-order valence-electron chi connectivity index (χ0n) is 10.9. The van der Waals surface area contributed by atoms with Crippen molar-refractivity contribution in [2.75, 3.05) is 5.32 Å². The van der Waals surface area contributed by atoms with Gasteiger partial charge in [0.2, 0.25) is 0 Å². The summed E-state index contributed by atoms with van der Waals surface area (Å²) in [5.41, 5.74) is 2.31. The molecule has 20 heavy (non-hydrogen) atoms. The van der Waals surface area contributed by atoms with Gasteiger partial charge in [0.1, 0.15) is 0 Å². The van der Waals surface area contributed by atoms with Crippen LogP contribution in [0, 0.1) is 0 Å². The second-order valence-electron chi connectivity index (χ2n) is 4.58. The van der Waals surface area contributed by atoms with Crippen LogP contribution < -0.4 is 5.32 Å². The van der Waals surface area contributed by atoms with Gasteiger partial charge in [-0.05, 0) is 11.1 Å². The van der Waals surface area contributed by atoms with Crippen molar-refractivity contribution in [1.82, 2.24) is 10.2 Å². The van der Waals surface area contributed by atoms with Crippen LogP contribution in [0.15, 0.2) is 54.7 Å². The zero-order valence-corrected chi connectivity index (χ0v) is 11.6. The number of hydrogen-bond donors (Lipinski definition) is 1. The molecule has 0 aliphatic rings. The molecule has 3 nitrogen and oxygen atoms in total. The standard InChI is InChI=1S/C16H14ClN3/c17-9-12-5-7-13(8-6-12)10-18-16-15-4-2-1-3-14(15)11-19-20-16/h1-8,11H,9-10H2,(H,18,20). The largest absolute Gasteiger partial charge is 0.364 e. The molecule has 0 bridgehead atoms. The Bertz CT molecular complexity index is 705. The summed E-state index contributed by atoms with van der Waals surface area (Å²) in [7, 11) is 0. The molecule has 0 fully saturated rings. The molecule has 3 rings (SSSR count). The lowest BCUT2D eigenvalue weighted by Gasteiger charge is -2.08. The Morgan fingerprint density at radius 2 is 1.70 bits per heavy atom. The van der Waals surface area contributed by atoms with Crippen LogP contribution >= 0.6 is 11.6 Å². The minimum absolute atomic E-state index is 0.544. The molecule has 1 N–H and O–H groups in total. The molecule has 0 amide bonds. The molecule has 2 aromatic carbocycles. The van der Waals surface area contributed by atoms with E-state index in [9.17, 15) is 0 Å². The third-order valence-electron chi connectivity index (χ3n) is 3.21. The minimum Gasteiger partial charge on any atom is -0.364 e. The SMILES string of the molecule is ClCc1ccc(CNc2nncc3ccccc23)cc1. The predicted molar refractivity (Wildman–Crippen MR) is 82.9 cm³/mol. The average molecular weight is 284 g/mol. The summed E-state index contributed by atoms with van der Waals surface area (Å²) in [6.07, 6.45) is 1.77. The first-order valence-corrected chi connectivity index (χ1v) is 6.98. The summed E-state index contributed by atoms with van der Waals surface area (Å²) in [4.78, 5) is 0. The van der Waals surface area contributed by atoms with Crippen molar-refractivity contribution in [1.29, 1.82) is 0 Å². The maximum absolute atomic E-state index is 5.78. The van der Waals surface area contributed by atoms with Gasteiger partial charge < -0.3 is 5.32 Å². The fourth-order valence-electron chi connectivity index (χ4n) is 2.09. The van der Waals surface area contributed by atoms with E-state index < -0.39 is 0 Å². The summed E-state index contributed by atoms with van der Waals surface area (Å²) in [6.45, 7) is 0.714. The zero-order chi connectivity index (χ0) is 13.8. The first kappa shape index (κ1) is 12.9. The molecule has 0 saturated heterocycles. The summed E-state index contributed by atoms with van der Waals surface area (Å²) in [6, 6.07) is 16.3. The molecule has 0 radical (unpaired) electrons. The molecular weight excluding hydrogens is 270 g/mol. The topological polar surface area (TPSA) is 37.8 Å². The number of rotatable bonds is 4. The molecule has 1 aromatic heterocycles. The maximum atomic E-state index is 5.78. The Hall–Kier alpha value is -2.13. The van der Waals surface area contributed by atoms with Gasteiger partial charge in [0.05, 0.1) is 6.20 Å². The third kappa shape index (κ3) is 2.73. The Labute approximate surface area is 122 Å². The molecule has 0 aliphatic carbocycles. The van der Waals surface area contributed by atoms with E-state index in [1.54, 1.807) is 6.20 Å². The highest BCUT2D eigenvalue weighted by Crippen LogP contribution is 2.19. The Balaban J connectivity index is 1.79. The van der Waals surface area contributed by atoms with E-state index in [-0.39, 0.29) is 0 Å². The van der Waals surface area contributed by atoms with E-state index in [1.807, 2.05) is 36.4 Å². The second-order valence-corrected chi connectivity index (χ2v) is 4.85. The van der Waals surface area contributed by atoms with E-state index >= 15 is 0 Å². The second kappa shape index (κ2) is 5.88. The fourth-order valence-corrected chi connectivity index (χ4v) is 2.27. The van der Waals surface area contributed by atoms with Crippen LogP contribution in [0.3, 0.4) is 0 Å². The molecule has 0 unspecified atom stereocenters. The van der Waals surface area contributed by atoms with Crippen molar-refractivity contribution >= 4 is 28.2 Å². The van der Waals surface area contributed by atoms with Crippen molar-refractivity contribution in [2.45, 2.75) is 12.4 Å². The molecule has 0 spiro atoms. The highest BCUT2D eigenvalue weighted by molar-refractivity contribution is 6.17. The highest BCUT2D eigenvalue weighted by Gasteiger charge is 2.02. The highest BCUT2D eigenvalue weighted by atomic mass is 35.5. The molecule has 100 valence electrons. The van der Waals surface area contributed by atoms with Crippen LogP contribution in [0.5, 0.6) is 0 Å². The van der Waals surface area contributed by atoms with Crippen molar-refractivity contribution in [3.8, 4) is 0 Å². The normalized spacial score (nSPS) is 10.7. The van der Waals surface area contributed by atoms with Gasteiger partial charge in [0.25, 0.3) is 0 Å². The lowest BCUT2D eigenvalue weighted by atomic mass is 10.1. The summed E-state index contributed by atoms with van der Waals surface area (Å²) >= 11 is 5.78.